The minimum atomic E-state index is -0.254. The molecule has 0 aliphatic rings. The van der Waals surface area contributed by atoms with Crippen molar-refractivity contribution in [2.45, 2.75) is 25.9 Å². The zero-order valence-corrected chi connectivity index (χ0v) is 23.6. The van der Waals surface area contributed by atoms with Crippen LogP contribution >= 0.6 is 11.8 Å². The van der Waals surface area contributed by atoms with Crippen LogP contribution in [0.5, 0.6) is 17.2 Å². The van der Waals surface area contributed by atoms with Crippen LogP contribution in [0.4, 0.5) is 0 Å². The van der Waals surface area contributed by atoms with Gasteiger partial charge in [-0.25, -0.2) is 5.43 Å². The number of rotatable bonds is 10. The lowest BCUT2D eigenvalue weighted by atomic mass is 10.0. The van der Waals surface area contributed by atoms with E-state index in [1.807, 2.05) is 60.9 Å². The molecule has 0 aliphatic heterocycles. The van der Waals surface area contributed by atoms with Gasteiger partial charge in [-0.05, 0) is 56.2 Å². The smallest absolute Gasteiger partial charge is 0.250 e. The highest BCUT2D eigenvalue weighted by Gasteiger charge is 2.21. The fourth-order valence-corrected chi connectivity index (χ4v) is 5.04. The van der Waals surface area contributed by atoms with Crippen molar-refractivity contribution in [1.29, 1.82) is 0 Å². The molecule has 1 N–H and O–H groups in total. The first-order chi connectivity index (χ1) is 18.9. The van der Waals surface area contributed by atoms with Gasteiger partial charge in [-0.15, -0.1) is 10.2 Å². The molecule has 1 aromatic heterocycles. The zero-order chi connectivity index (χ0) is 27.9. The molecule has 4 aromatic rings. The number of carbonyl (C=O) groups excluding carboxylic acids is 1. The summed E-state index contributed by atoms with van der Waals surface area (Å²) in [5, 5.41) is 13.6. The van der Waals surface area contributed by atoms with E-state index in [-0.39, 0.29) is 11.7 Å². The number of aromatic nitrogens is 3. The third-order valence-corrected chi connectivity index (χ3v) is 6.95. The van der Waals surface area contributed by atoms with Gasteiger partial charge in [0.25, 0.3) is 5.91 Å². The number of hydrogen-bond donors (Lipinski definition) is 1. The van der Waals surface area contributed by atoms with Crippen molar-refractivity contribution < 1.29 is 19.0 Å². The quantitative estimate of drug-likeness (QED) is 0.168. The van der Waals surface area contributed by atoms with Crippen LogP contribution in [-0.4, -0.2) is 54.0 Å². The van der Waals surface area contributed by atoms with Gasteiger partial charge in [-0.1, -0.05) is 47.7 Å². The second-order valence-electron chi connectivity index (χ2n) is 8.79. The summed E-state index contributed by atoms with van der Waals surface area (Å²) in [6.45, 7) is 6.11. The second-order valence-corrected chi connectivity index (χ2v) is 9.73. The van der Waals surface area contributed by atoms with E-state index < -0.39 is 0 Å². The number of para-hydroxylation sites is 1. The highest BCUT2D eigenvalue weighted by atomic mass is 32.2. The Morgan fingerprint density at radius 1 is 0.949 bits per heavy atom. The summed E-state index contributed by atoms with van der Waals surface area (Å²) in [5.74, 6) is 1.89. The third-order valence-electron chi connectivity index (χ3n) is 6.02. The van der Waals surface area contributed by atoms with Gasteiger partial charge in [-0.2, -0.15) is 5.10 Å². The maximum atomic E-state index is 12.6. The topological polar surface area (TPSA) is 99.9 Å². The Labute approximate surface area is 232 Å². The molecule has 10 heteroatoms. The zero-order valence-electron chi connectivity index (χ0n) is 22.8. The van der Waals surface area contributed by atoms with Crippen LogP contribution in [0.25, 0.3) is 17.1 Å². The van der Waals surface area contributed by atoms with E-state index >= 15 is 0 Å². The molecule has 0 radical (unpaired) electrons. The molecule has 0 bridgehead atoms. The lowest BCUT2D eigenvalue weighted by molar-refractivity contribution is -0.118. The van der Waals surface area contributed by atoms with Crippen LogP contribution in [0.3, 0.4) is 0 Å². The number of ether oxygens (including phenoxy) is 3. The molecule has 9 nitrogen and oxygen atoms in total. The lowest BCUT2D eigenvalue weighted by Crippen LogP contribution is -2.20. The predicted octanol–water partition coefficient (Wildman–Crippen LogP) is 5.13. The fraction of sp³-hybridized carbons (Fsp3) is 0.241. The third kappa shape index (κ3) is 6.23. The highest BCUT2D eigenvalue weighted by molar-refractivity contribution is 7.99. The molecule has 1 amide bonds. The van der Waals surface area contributed by atoms with E-state index in [0.29, 0.717) is 33.8 Å². The molecule has 1 heterocycles. The van der Waals surface area contributed by atoms with Gasteiger partial charge >= 0.3 is 0 Å². The minimum absolute atomic E-state index is 0.101. The van der Waals surface area contributed by atoms with Crippen LogP contribution in [0.2, 0.25) is 0 Å². The highest BCUT2D eigenvalue weighted by Crippen LogP contribution is 2.41. The molecule has 0 saturated heterocycles. The van der Waals surface area contributed by atoms with Gasteiger partial charge in [0.15, 0.2) is 22.5 Å². The lowest BCUT2D eigenvalue weighted by Gasteiger charge is -2.15. The standard InChI is InChI=1S/C29H31N5O4S/c1-18-12-19(2)23(20(3)13-18)16-30-31-26(35)17-39-29-33-32-28(34(29)22-10-8-7-9-11-22)21-14-24(36-4)27(38-6)25(15-21)37-5/h7-16H,17H2,1-6H3,(H,31,35)/b30-16-. The van der Waals surface area contributed by atoms with E-state index in [0.717, 1.165) is 22.4 Å². The minimum Gasteiger partial charge on any atom is -0.493 e. The van der Waals surface area contributed by atoms with E-state index in [2.05, 4.69) is 39.8 Å². The van der Waals surface area contributed by atoms with Gasteiger partial charge in [0.05, 0.1) is 33.3 Å². The summed E-state index contributed by atoms with van der Waals surface area (Å²) in [7, 11) is 4.68. The van der Waals surface area contributed by atoms with Crippen molar-refractivity contribution in [3.8, 4) is 34.3 Å². The molecule has 4 rings (SSSR count). The van der Waals surface area contributed by atoms with Crippen molar-refractivity contribution in [2.24, 2.45) is 5.10 Å². The Morgan fingerprint density at radius 3 is 2.18 bits per heavy atom. The number of hydrazone groups is 1. The molecular formula is C29H31N5O4S. The molecular weight excluding hydrogens is 514 g/mol. The predicted molar refractivity (Wildman–Crippen MR) is 154 cm³/mol. The summed E-state index contributed by atoms with van der Waals surface area (Å²) in [5.41, 5.74) is 8.57. The first-order valence-electron chi connectivity index (χ1n) is 12.2. The first-order valence-corrected chi connectivity index (χ1v) is 13.2. The van der Waals surface area contributed by atoms with Crippen molar-refractivity contribution in [2.75, 3.05) is 27.1 Å². The van der Waals surface area contributed by atoms with Gasteiger partial charge in [0.1, 0.15) is 0 Å². The molecule has 202 valence electrons. The van der Waals surface area contributed by atoms with Crippen molar-refractivity contribution in [1.82, 2.24) is 20.2 Å². The largest absolute Gasteiger partial charge is 0.493 e. The molecule has 0 aliphatic carbocycles. The Morgan fingerprint density at radius 2 is 1.59 bits per heavy atom. The summed E-state index contributed by atoms with van der Waals surface area (Å²) < 4.78 is 18.4. The van der Waals surface area contributed by atoms with Gasteiger partial charge in [-0.3, -0.25) is 9.36 Å². The van der Waals surface area contributed by atoms with Gasteiger partial charge < -0.3 is 14.2 Å². The van der Waals surface area contributed by atoms with Crippen LogP contribution in [-0.2, 0) is 4.79 Å². The summed E-state index contributed by atoms with van der Waals surface area (Å²) in [6.07, 6.45) is 1.68. The van der Waals surface area contributed by atoms with Crippen molar-refractivity contribution in [3.05, 3.63) is 76.9 Å². The van der Waals surface area contributed by atoms with Gasteiger partial charge in [0, 0.05) is 16.8 Å². The van der Waals surface area contributed by atoms with E-state index in [1.54, 1.807) is 27.5 Å². The molecule has 0 unspecified atom stereocenters. The Balaban J connectivity index is 1.59. The van der Waals surface area contributed by atoms with Crippen LogP contribution in [0.15, 0.2) is 64.9 Å². The van der Waals surface area contributed by atoms with Crippen LogP contribution in [0.1, 0.15) is 22.3 Å². The molecule has 0 saturated carbocycles. The number of aryl methyl sites for hydroxylation is 3. The van der Waals surface area contributed by atoms with Crippen molar-refractivity contribution in [3.63, 3.8) is 0 Å². The summed E-state index contributed by atoms with van der Waals surface area (Å²) >= 11 is 1.26. The Hall–Kier alpha value is -4.31. The fourth-order valence-electron chi connectivity index (χ4n) is 4.30. The Kier molecular flexibility index (Phi) is 8.88. The number of thioether (sulfide) groups is 1. The number of hydrogen-bond acceptors (Lipinski definition) is 8. The van der Waals surface area contributed by atoms with Crippen molar-refractivity contribution >= 4 is 23.9 Å². The normalized spacial score (nSPS) is 11.0. The average molecular weight is 546 g/mol. The number of nitrogens with zero attached hydrogens (tertiary/aromatic N) is 4. The maximum absolute atomic E-state index is 12.6. The molecule has 0 atom stereocenters. The number of amides is 1. The summed E-state index contributed by atoms with van der Waals surface area (Å²) in [6, 6.07) is 17.5. The molecule has 39 heavy (non-hydrogen) atoms. The number of carbonyl (C=O) groups is 1. The van der Waals surface area contributed by atoms with E-state index in [9.17, 15) is 4.79 Å². The van der Waals surface area contributed by atoms with E-state index in [4.69, 9.17) is 14.2 Å². The molecule has 0 fully saturated rings. The number of benzene rings is 3. The first kappa shape index (κ1) is 27.7. The average Bonchev–Trinajstić information content (AvgIpc) is 3.36. The molecule has 3 aromatic carbocycles. The monoisotopic (exact) mass is 545 g/mol. The summed E-state index contributed by atoms with van der Waals surface area (Å²) in [4.78, 5) is 12.6. The van der Waals surface area contributed by atoms with Gasteiger partial charge in [0.2, 0.25) is 5.75 Å². The number of methoxy groups -OCH3 is 3. The maximum Gasteiger partial charge on any atom is 0.250 e. The number of nitrogens with one attached hydrogen (secondary N) is 1. The van der Waals surface area contributed by atoms with Crippen LogP contribution in [0, 0.1) is 20.8 Å². The second kappa shape index (κ2) is 12.5. The van der Waals surface area contributed by atoms with Crippen LogP contribution < -0.4 is 19.6 Å². The Bertz CT molecular complexity index is 1450. The molecule has 0 spiro atoms. The van der Waals surface area contributed by atoms with E-state index in [1.165, 1.54) is 17.3 Å². The SMILES string of the molecule is COc1cc(-c2nnc(SCC(=O)N/N=C\c3c(C)cc(C)cc3C)n2-c2ccccc2)cc(OC)c1OC.